The second-order valence-corrected chi connectivity index (χ2v) is 4.96. The van der Waals surface area contributed by atoms with Gasteiger partial charge in [-0.1, -0.05) is 60.2 Å². The Morgan fingerprint density at radius 1 is 0.905 bits per heavy atom. The summed E-state index contributed by atoms with van der Waals surface area (Å²) in [5.74, 6) is -0.0468. The maximum Gasteiger partial charge on any atom is 0.211 e. The lowest BCUT2D eigenvalue weighted by molar-refractivity contribution is 0.103. The Balaban J connectivity index is 2.14. The summed E-state index contributed by atoms with van der Waals surface area (Å²) in [5, 5.41) is 0. The Labute approximate surface area is 124 Å². The lowest BCUT2D eigenvalue weighted by Crippen LogP contribution is -2.05. The fourth-order valence-corrected chi connectivity index (χ4v) is 2.35. The number of hydrogen-bond donors (Lipinski definition) is 0. The Hall–Kier alpha value is -2.74. The molecule has 2 heteroatoms. The van der Waals surface area contributed by atoms with E-state index in [1.165, 1.54) is 0 Å². The Bertz CT molecular complexity index is 764. The third-order valence-corrected chi connectivity index (χ3v) is 3.40. The average molecular weight is 273 g/mol. The minimum atomic E-state index is -0.0468. The van der Waals surface area contributed by atoms with E-state index < -0.39 is 0 Å². The van der Waals surface area contributed by atoms with E-state index in [-0.39, 0.29) is 5.78 Å². The molecule has 0 radical (unpaired) electrons. The summed E-state index contributed by atoms with van der Waals surface area (Å²) in [5.41, 5.74) is 4.28. The van der Waals surface area contributed by atoms with Crippen molar-refractivity contribution in [2.24, 2.45) is 0 Å². The van der Waals surface area contributed by atoms with Gasteiger partial charge in [-0.05, 0) is 30.2 Å². The van der Waals surface area contributed by atoms with Gasteiger partial charge in [0.05, 0.1) is 0 Å². The SMILES string of the molecule is Cc1ccc(C(=O)c2ccccn2)c(-c2ccccc2)c1. The Kier molecular flexibility index (Phi) is 3.61. The van der Waals surface area contributed by atoms with Gasteiger partial charge in [-0.25, -0.2) is 0 Å². The fraction of sp³-hybridized carbons (Fsp3) is 0.0526. The summed E-state index contributed by atoms with van der Waals surface area (Å²) in [6.07, 6.45) is 1.64. The maximum absolute atomic E-state index is 12.7. The molecule has 1 aromatic heterocycles. The summed E-state index contributed by atoms with van der Waals surface area (Å²) in [6, 6.07) is 21.2. The summed E-state index contributed by atoms with van der Waals surface area (Å²) in [6.45, 7) is 2.03. The van der Waals surface area contributed by atoms with Gasteiger partial charge in [-0.15, -0.1) is 0 Å². The molecule has 2 aromatic carbocycles. The van der Waals surface area contributed by atoms with Crippen LogP contribution in [0.25, 0.3) is 11.1 Å². The molecule has 2 nitrogen and oxygen atoms in total. The van der Waals surface area contributed by atoms with Crippen LogP contribution in [0.3, 0.4) is 0 Å². The van der Waals surface area contributed by atoms with Gasteiger partial charge in [0.15, 0.2) is 0 Å². The van der Waals surface area contributed by atoms with E-state index in [0.717, 1.165) is 16.7 Å². The van der Waals surface area contributed by atoms with Crippen LogP contribution >= 0.6 is 0 Å². The highest BCUT2D eigenvalue weighted by molar-refractivity contribution is 6.11. The smallest absolute Gasteiger partial charge is 0.211 e. The van der Waals surface area contributed by atoms with Crippen molar-refractivity contribution in [3.63, 3.8) is 0 Å². The first-order valence-electron chi connectivity index (χ1n) is 6.87. The normalized spacial score (nSPS) is 10.3. The van der Waals surface area contributed by atoms with Crippen molar-refractivity contribution in [1.82, 2.24) is 4.98 Å². The first kappa shape index (κ1) is 13.3. The summed E-state index contributed by atoms with van der Waals surface area (Å²) in [4.78, 5) is 16.9. The van der Waals surface area contributed by atoms with Gasteiger partial charge in [-0.2, -0.15) is 0 Å². The molecule has 0 unspecified atom stereocenters. The molecule has 102 valence electrons. The number of benzene rings is 2. The third-order valence-electron chi connectivity index (χ3n) is 3.40. The number of hydrogen-bond acceptors (Lipinski definition) is 2. The summed E-state index contributed by atoms with van der Waals surface area (Å²) < 4.78 is 0. The van der Waals surface area contributed by atoms with Gasteiger partial charge in [0, 0.05) is 11.8 Å². The molecule has 0 aliphatic heterocycles. The van der Waals surface area contributed by atoms with Gasteiger partial charge < -0.3 is 0 Å². The molecular formula is C19H15NO. The van der Waals surface area contributed by atoms with Crippen molar-refractivity contribution in [1.29, 1.82) is 0 Å². The van der Waals surface area contributed by atoms with E-state index in [1.54, 1.807) is 12.3 Å². The quantitative estimate of drug-likeness (QED) is 0.666. The second-order valence-electron chi connectivity index (χ2n) is 4.96. The van der Waals surface area contributed by atoms with E-state index in [1.807, 2.05) is 67.6 Å². The van der Waals surface area contributed by atoms with Crippen molar-refractivity contribution in [2.45, 2.75) is 6.92 Å². The molecule has 0 N–H and O–H groups in total. The van der Waals surface area contributed by atoms with E-state index in [2.05, 4.69) is 4.98 Å². The number of aryl methyl sites for hydroxylation is 1. The van der Waals surface area contributed by atoms with E-state index >= 15 is 0 Å². The molecule has 0 spiro atoms. The number of rotatable bonds is 3. The molecule has 0 atom stereocenters. The molecular weight excluding hydrogens is 258 g/mol. The first-order valence-corrected chi connectivity index (χ1v) is 6.87. The molecule has 0 aliphatic rings. The van der Waals surface area contributed by atoms with E-state index in [9.17, 15) is 4.79 Å². The van der Waals surface area contributed by atoms with E-state index in [4.69, 9.17) is 0 Å². The Morgan fingerprint density at radius 2 is 1.67 bits per heavy atom. The minimum absolute atomic E-state index is 0.0468. The molecule has 3 rings (SSSR count). The zero-order valence-electron chi connectivity index (χ0n) is 11.8. The maximum atomic E-state index is 12.7. The fourth-order valence-electron chi connectivity index (χ4n) is 2.35. The average Bonchev–Trinajstić information content (AvgIpc) is 2.56. The molecule has 0 saturated carbocycles. The van der Waals surface area contributed by atoms with Gasteiger partial charge in [-0.3, -0.25) is 9.78 Å². The van der Waals surface area contributed by atoms with Crippen molar-refractivity contribution in [3.05, 3.63) is 89.7 Å². The molecule has 3 aromatic rings. The number of pyridine rings is 1. The lowest BCUT2D eigenvalue weighted by atomic mass is 9.94. The second kappa shape index (κ2) is 5.71. The van der Waals surface area contributed by atoms with Crippen molar-refractivity contribution >= 4 is 5.78 Å². The standard InChI is InChI=1S/C19H15NO/c1-14-10-11-16(19(21)18-9-5-6-12-20-18)17(13-14)15-7-3-2-4-8-15/h2-13H,1H3. The molecule has 0 amide bonds. The number of carbonyl (C=O) groups excluding carboxylic acids is 1. The highest BCUT2D eigenvalue weighted by Crippen LogP contribution is 2.26. The minimum Gasteiger partial charge on any atom is -0.287 e. The molecule has 1 heterocycles. The van der Waals surface area contributed by atoms with Crippen LogP contribution in [0, 0.1) is 6.92 Å². The number of ketones is 1. The van der Waals surface area contributed by atoms with Gasteiger partial charge >= 0.3 is 0 Å². The predicted molar refractivity (Wildman–Crippen MR) is 84.3 cm³/mol. The van der Waals surface area contributed by atoms with E-state index in [0.29, 0.717) is 11.3 Å². The Morgan fingerprint density at radius 3 is 2.38 bits per heavy atom. The molecule has 0 bridgehead atoms. The van der Waals surface area contributed by atoms with Gasteiger partial charge in [0.1, 0.15) is 5.69 Å². The van der Waals surface area contributed by atoms with Crippen molar-refractivity contribution in [3.8, 4) is 11.1 Å². The first-order chi connectivity index (χ1) is 10.3. The highest BCUT2D eigenvalue weighted by Gasteiger charge is 2.15. The lowest BCUT2D eigenvalue weighted by Gasteiger charge is -2.10. The predicted octanol–water partition coefficient (Wildman–Crippen LogP) is 4.29. The van der Waals surface area contributed by atoms with Crippen LogP contribution in [0.2, 0.25) is 0 Å². The topological polar surface area (TPSA) is 30.0 Å². The van der Waals surface area contributed by atoms with Gasteiger partial charge in [0.2, 0.25) is 5.78 Å². The summed E-state index contributed by atoms with van der Waals surface area (Å²) >= 11 is 0. The van der Waals surface area contributed by atoms with Crippen LogP contribution in [-0.2, 0) is 0 Å². The molecule has 0 saturated heterocycles. The molecule has 0 fully saturated rings. The highest BCUT2D eigenvalue weighted by atomic mass is 16.1. The number of carbonyl (C=O) groups is 1. The monoisotopic (exact) mass is 273 g/mol. The van der Waals surface area contributed by atoms with Crippen molar-refractivity contribution in [2.75, 3.05) is 0 Å². The van der Waals surface area contributed by atoms with Crippen LogP contribution in [0.15, 0.2) is 72.9 Å². The zero-order valence-corrected chi connectivity index (χ0v) is 11.8. The zero-order chi connectivity index (χ0) is 14.7. The third kappa shape index (κ3) is 2.75. The van der Waals surface area contributed by atoms with Crippen LogP contribution in [0.4, 0.5) is 0 Å². The van der Waals surface area contributed by atoms with Crippen LogP contribution in [-0.4, -0.2) is 10.8 Å². The van der Waals surface area contributed by atoms with Crippen LogP contribution in [0.1, 0.15) is 21.6 Å². The van der Waals surface area contributed by atoms with Crippen LogP contribution in [0.5, 0.6) is 0 Å². The molecule has 21 heavy (non-hydrogen) atoms. The van der Waals surface area contributed by atoms with Crippen LogP contribution < -0.4 is 0 Å². The number of nitrogens with zero attached hydrogens (tertiary/aromatic N) is 1. The van der Waals surface area contributed by atoms with Gasteiger partial charge in [0.25, 0.3) is 0 Å². The largest absolute Gasteiger partial charge is 0.287 e. The number of aromatic nitrogens is 1. The molecule has 0 aliphatic carbocycles. The van der Waals surface area contributed by atoms with Crippen molar-refractivity contribution < 1.29 is 4.79 Å². The summed E-state index contributed by atoms with van der Waals surface area (Å²) in [7, 11) is 0.